The predicted octanol–water partition coefficient (Wildman–Crippen LogP) is 5.26. The van der Waals surface area contributed by atoms with Crippen molar-refractivity contribution >= 4 is 23.4 Å². The molecule has 3 rings (SSSR count). The topological polar surface area (TPSA) is 20.3 Å². The number of benzene rings is 3. The highest BCUT2D eigenvalue weighted by Crippen LogP contribution is 2.28. The highest BCUT2D eigenvalue weighted by Gasteiger charge is 2.16. The lowest BCUT2D eigenvalue weighted by molar-refractivity contribution is 0.0990. The van der Waals surface area contributed by atoms with Crippen LogP contribution in [0.4, 0.5) is 5.69 Å². The third-order valence-corrected chi connectivity index (χ3v) is 4.95. The molecule has 0 bridgehead atoms. The summed E-state index contributed by atoms with van der Waals surface area (Å²) < 4.78 is 0. The van der Waals surface area contributed by atoms with Gasteiger partial charge in [0, 0.05) is 23.4 Å². The van der Waals surface area contributed by atoms with Gasteiger partial charge in [-0.3, -0.25) is 4.79 Å². The van der Waals surface area contributed by atoms with Crippen LogP contribution in [0.15, 0.2) is 89.8 Å². The highest BCUT2D eigenvalue weighted by molar-refractivity contribution is 7.98. The van der Waals surface area contributed by atoms with Crippen LogP contribution >= 0.6 is 11.8 Å². The van der Waals surface area contributed by atoms with Crippen LogP contribution in [0.3, 0.4) is 0 Å². The van der Waals surface area contributed by atoms with E-state index in [1.165, 1.54) is 5.56 Å². The first-order valence-electron chi connectivity index (χ1n) is 7.84. The summed E-state index contributed by atoms with van der Waals surface area (Å²) in [4.78, 5) is 15.6. The van der Waals surface area contributed by atoms with E-state index in [-0.39, 0.29) is 5.91 Å². The Morgan fingerprint density at radius 2 is 1.42 bits per heavy atom. The first-order valence-corrected chi connectivity index (χ1v) is 8.83. The van der Waals surface area contributed by atoms with Crippen molar-refractivity contribution in [3.63, 3.8) is 0 Å². The minimum atomic E-state index is 0.0114. The normalized spacial score (nSPS) is 10.4. The number of carbonyl (C=O) groups is 1. The van der Waals surface area contributed by atoms with Crippen LogP contribution in [0.2, 0.25) is 0 Å². The summed E-state index contributed by atoms with van der Waals surface area (Å²) in [6, 6.07) is 27.8. The summed E-state index contributed by atoms with van der Waals surface area (Å²) >= 11 is 1.69. The van der Waals surface area contributed by atoms with Gasteiger partial charge >= 0.3 is 0 Å². The molecule has 0 saturated heterocycles. The van der Waals surface area contributed by atoms with Crippen molar-refractivity contribution in [2.45, 2.75) is 10.6 Å². The monoisotopic (exact) mass is 333 g/mol. The molecule has 3 aromatic rings. The Hall–Kier alpha value is -2.52. The molecule has 3 aromatic carbocycles. The molecule has 0 N–H and O–H groups in total. The molecular weight excluding hydrogens is 314 g/mol. The van der Waals surface area contributed by atoms with Crippen molar-refractivity contribution in [2.24, 2.45) is 0 Å². The zero-order valence-electron chi connectivity index (χ0n) is 13.6. The maximum absolute atomic E-state index is 12.9. The average Bonchev–Trinajstić information content (AvgIpc) is 2.67. The second-order valence-electron chi connectivity index (χ2n) is 5.47. The maximum atomic E-state index is 12.9. The Morgan fingerprint density at radius 3 is 2.12 bits per heavy atom. The van der Waals surface area contributed by atoms with Crippen molar-refractivity contribution < 1.29 is 4.79 Å². The Bertz CT molecular complexity index is 802. The number of hydrogen-bond acceptors (Lipinski definition) is 2. The fourth-order valence-corrected chi connectivity index (χ4v) is 3.45. The molecule has 0 saturated carbocycles. The number of carbonyl (C=O) groups excluding carboxylic acids is 1. The molecule has 2 nitrogen and oxygen atoms in total. The molecule has 0 spiro atoms. The van der Waals surface area contributed by atoms with Crippen LogP contribution in [-0.2, 0) is 5.75 Å². The summed E-state index contributed by atoms with van der Waals surface area (Å²) in [6.07, 6.45) is 0. The van der Waals surface area contributed by atoms with Crippen LogP contribution in [0.1, 0.15) is 15.9 Å². The molecule has 0 aliphatic rings. The van der Waals surface area contributed by atoms with Gasteiger partial charge in [-0.2, -0.15) is 0 Å². The smallest absolute Gasteiger partial charge is 0.259 e. The van der Waals surface area contributed by atoms with E-state index < -0.39 is 0 Å². The van der Waals surface area contributed by atoms with Gasteiger partial charge in [-0.15, -0.1) is 11.8 Å². The van der Waals surface area contributed by atoms with E-state index in [0.29, 0.717) is 0 Å². The molecular formula is C21H19NOS. The lowest BCUT2D eigenvalue weighted by Gasteiger charge is -2.19. The minimum absolute atomic E-state index is 0.0114. The van der Waals surface area contributed by atoms with Crippen molar-refractivity contribution in [1.82, 2.24) is 0 Å². The number of nitrogens with zero attached hydrogens (tertiary/aromatic N) is 1. The molecule has 0 radical (unpaired) electrons. The van der Waals surface area contributed by atoms with Gasteiger partial charge in [-0.05, 0) is 29.8 Å². The first-order chi connectivity index (χ1) is 11.8. The first kappa shape index (κ1) is 16.3. The van der Waals surface area contributed by atoms with Gasteiger partial charge in [-0.25, -0.2) is 0 Å². The quantitative estimate of drug-likeness (QED) is 0.594. The highest BCUT2D eigenvalue weighted by atomic mass is 32.2. The van der Waals surface area contributed by atoms with Gasteiger partial charge in [-0.1, -0.05) is 60.7 Å². The summed E-state index contributed by atoms with van der Waals surface area (Å²) in [5.74, 6) is 0.859. The standard InChI is InChI=1S/C21H19NOS/c1-22(18-12-6-3-7-13-18)21(23)19-14-8-9-15-20(19)24-16-17-10-4-2-5-11-17/h2-15H,16H2,1H3. The van der Waals surface area contributed by atoms with Gasteiger partial charge in [0.15, 0.2) is 0 Å². The number of anilines is 1. The van der Waals surface area contributed by atoms with Crippen LogP contribution in [0.25, 0.3) is 0 Å². The third-order valence-electron chi connectivity index (χ3n) is 3.80. The molecule has 3 heteroatoms. The van der Waals surface area contributed by atoms with Crippen LogP contribution in [-0.4, -0.2) is 13.0 Å². The number of thioether (sulfide) groups is 1. The van der Waals surface area contributed by atoms with E-state index in [1.54, 1.807) is 16.7 Å². The number of para-hydroxylation sites is 1. The molecule has 0 aromatic heterocycles. The van der Waals surface area contributed by atoms with Crippen LogP contribution < -0.4 is 4.90 Å². The summed E-state index contributed by atoms with van der Waals surface area (Å²) in [7, 11) is 1.82. The number of amides is 1. The van der Waals surface area contributed by atoms with Gasteiger partial charge in [0.25, 0.3) is 5.91 Å². The Balaban J connectivity index is 1.79. The lowest BCUT2D eigenvalue weighted by Crippen LogP contribution is -2.26. The Labute approximate surface area is 147 Å². The van der Waals surface area contributed by atoms with Crippen molar-refractivity contribution in [2.75, 3.05) is 11.9 Å². The molecule has 0 aliphatic heterocycles. The van der Waals surface area contributed by atoms with Crippen molar-refractivity contribution in [3.05, 3.63) is 96.1 Å². The number of hydrogen-bond donors (Lipinski definition) is 0. The zero-order valence-corrected chi connectivity index (χ0v) is 14.4. The average molecular weight is 333 g/mol. The summed E-state index contributed by atoms with van der Waals surface area (Å²) in [5, 5.41) is 0. The molecule has 1 amide bonds. The molecule has 0 unspecified atom stereocenters. The van der Waals surface area contributed by atoms with E-state index in [9.17, 15) is 4.79 Å². The molecule has 0 aliphatic carbocycles. The second-order valence-corrected chi connectivity index (χ2v) is 6.49. The van der Waals surface area contributed by atoms with Crippen LogP contribution in [0.5, 0.6) is 0 Å². The van der Waals surface area contributed by atoms with E-state index in [4.69, 9.17) is 0 Å². The molecule has 0 fully saturated rings. The molecule has 24 heavy (non-hydrogen) atoms. The minimum Gasteiger partial charge on any atom is -0.311 e. The van der Waals surface area contributed by atoms with E-state index in [1.807, 2.05) is 79.8 Å². The predicted molar refractivity (Wildman–Crippen MR) is 102 cm³/mol. The van der Waals surface area contributed by atoms with E-state index >= 15 is 0 Å². The largest absolute Gasteiger partial charge is 0.311 e. The maximum Gasteiger partial charge on any atom is 0.259 e. The summed E-state index contributed by atoms with van der Waals surface area (Å²) in [5.41, 5.74) is 2.89. The molecule has 120 valence electrons. The fraction of sp³-hybridized carbons (Fsp3) is 0.0952. The fourth-order valence-electron chi connectivity index (χ4n) is 2.45. The van der Waals surface area contributed by atoms with E-state index in [2.05, 4.69) is 12.1 Å². The van der Waals surface area contributed by atoms with Crippen molar-refractivity contribution in [3.8, 4) is 0 Å². The molecule has 0 heterocycles. The van der Waals surface area contributed by atoms with Gasteiger partial charge < -0.3 is 4.90 Å². The van der Waals surface area contributed by atoms with Gasteiger partial charge in [0.1, 0.15) is 0 Å². The Morgan fingerprint density at radius 1 is 0.833 bits per heavy atom. The lowest BCUT2D eigenvalue weighted by atomic mass is 10.2. The molecule has 0 atom stereocenters. The second kappa shape index (κ2) is 7.84. The van der Waals surface area contributed by atoms with E-state index in [0.717, 1.165) is 21.9 Å². The zero-order chi connectivity index (χ0) is 16.8. The van der Waals surface area contributed by atoms with Gasteiger partial charge in [0.05, 0.1) is 5.56 Å². The summed E-state index contributed by atoms with van der Waals surface area (Å²) in [6.45, 7) is 0. The Kier molecular flexibility index (Phi) is 5.34. The van der Waals surface area contributed by atoms with Crippen molar-refractivity contribution in [1.29, 1.82) is 0 Å². The third kappa shape index (κ3) is 3.87. The van der Waals surface area contributed by atoms with Crippen LogP contribution in [0, 0.1) is 0 Å². The van der Waals surface area contributed by atoms with Gasteiger partial charge in [0.2, 0.25) is 0 Å². The SMILES string of the molecule is CN(C(=O)c1ccccc1SCc1ccccc1)c1ccccc1. The number of rotatable bonds is 5.